The maximum Gasteiger partial charge on any atom is 0.573 e. The number of benzene rings is 2. The molecular formula is C24H16F3N3O3. The molecule has 0 saturated carbocycles. The van der Waals surface area contributed by atoms with E-state index >= 15 is 0 Å². The number of alkyl halides is 3. The first-order valence-electron chi connectivity index (χ1n) is 9.91. The van der Waals surface area contributed by atoms with E-state index in [1.165, 1.54) is 24.3 Å². The molecule has 0 spiro atoms. The smallest absolute Gasteiger partial charge is 0.456 e. The highest BCUT2D eigenvalue weighted by Gasteiger charge is 2.31. The Kier molecular flexibility index (Phi) is 4.81. The molecule has 0 radical (unpaired) electrons. The molecule has 5 aromatic rings. The van der Waals surface area contributed by atoms with Crippen molar-refractivity contribution in [3.8, 4) is 28.6 Å². The number of ether oxygens (including phenoxy) is 2. The summed E-state index contributed by atoms with van der Waals surface area (Å²) in [6.07, 6.45) is -1.28. The fraction of sp³-hybridized carbons (Fsp3) is 0.0833. The van der Waals surface area contributed by atoms with E-state index in [1.54, 1.807) is 41.9 Å². The second-order valence-corrected chi connectivity index (χ2v) is 7.38. The van der Waals surface area contributed by atoms with E-state index in [0.717, 1.165) is 5.52 Å². The fourth-order valence-electron chi connectivity index (χ4n) is 3.59. The Bertz CT molecular complexity index is 1540. The Hall–Kier alpha value is -4.27. The molecule has 3 heterocycles. The van der Waals surface area contributed by atoms with Crippen LogP contribution in [0.2, 0.25) is 0 Å². The molecule has 6 nitrogen and oxygen atoms in total. The molecule has 0 unspecified atom stereocenters. The molecule has 0 atom stereocenters. The lowest BCUT2D eigenvalue weighted by Crippen LogP contribution is -2.16. The minimum Gasteiger partial charge on any atom is -0.456 e. The monoisotopic (exact) mass is 451 g/mol. The van der Waals surface area contributed by atoms with Gasteiger partial charge in [-0.3, -0.25) is 4.79 Å². The zero-order chi connectivity index (χ0) is 23.2. The van der Waals surface area contributed by atoms with Crippen molar-refractivity contribution in [1.29, 1.82) is 0 Å². The van der Waals surface area contributed by atoms with E-state index in [1.807, 2.05) is 18.2 Å². The average Bonchev–Trinajstić information content (AvgIpc) is 3.20. The minimum absolute atomic E-state index is 0.0571. The van der Waals surface area contributed by atoms with E-state index in [-0.39, 0.29) is 11.2 Å². The minimum atomic E-state index is -4.75. The summed E-state index contributed by atoms with van der Waals surface area (Å²) in [7, 11) is 0. The number of fused-ring (bicyclic) bond motifs is 2. The van der Waals surface area contributed by atoms with Crippen LogP contribution in [-0.2, 0) is 0 Å². The highest BCUT2D eigenvalue weighted by molar-refractivity contribution is 5.82. The van der Waals surface area contributed by atoms with Gasteiger partial charge in [-0.2, -0.15) is 0 Å². The van der Waals surface area contributed by atoms with E-state index in [4.69, 9.17) is 4.74 Å². The van der Waals surface area contributed by atoms with Crippen LogP contribution in [0.1, 0.15) is 5.56 Å². The number of H-pyrrole nitrogens is 1. The molecule has 0 aliphatic heterocycles. The van der Waals surface area contributed by atoms with Gasteiger partial charge in [0.1, 0.15) is 28.6 Å². The van der Waals surface area contributed by atoms with Gasteiger partial charge in [0, 0.05) is 22.7 Å². The number of halogens is 3. The molecule has 2 aromatic carbocycles. The number of nitrogens with zero attached hydrogens (tertiary/aromatic N) is 2. The fourth-order valence-corrected chi connectivity index (χ4v) is 3.59. The number of para-hydroxylation sites is 1. The zero-order valence-electron chi connectivity index (χ0n) is 17.2. The number of pyridine rings is 2. The molecular weight excluding hydrogens is 435 g/mol. The van der Waals surface area contributed by atoms with Gasteiger partial charge in [-0.05, 0) is 55.5 Å². The molecule has 5 rings (SSSR count). The van der Waals surface area contributed by atoms with Crippen LogP contribution in [0.15, 0.2) is 77.9 Å². The highest BCUT2D eigenvalue weighted by atomic mass is 19.4. The van der Waals surface area contributed by atoms with E-state index in [0.29, 0.717) is 39.5 Å². The molecule has 1 N–H and O–H groups in total. The van der Waals surface area contributed by atoms with Gasteiger partial charge >= 0.3 is 6.36 Å². The molecule has 166 valence electrons. The lowest BCUT2D eigenvalue weighted by molar-refractivity contribution is -0.274. The van der Waals surface area contributed by atoms with Gasteiger partial charge in [0.25, 0.3) is 0 Å². The van der Waals surface area contributed by atoms with Crippen LogP contribution in [0.3, 0.4) is 0 Å². The van der Waals surface area contributed by atoms with Crippen molar-refractivity contribution in [3.05, 3.63) is 88.8 Å². The van der Waals surface area contributed by atoms with Crippen LogP contribution in [0.25, 0.3) is 27.9 Å². The van der Waals surface area contributed by atoms with E-state index < -0.39 is 6.36 Å². The zero-order valence-corrected chi connectivity index (χ0v) is 17.2. The number of hydrogen-bond acceptors (Lipinski definition) is 4. The molecule has 0 aliphatic carbocycles. The maximum atomic E-state index is 12.7. The molecule has 33 heavy (non-hydrogen) atoms. The van der Waals surface area contributed by atoms with Crippen LogP contribution >= 0.6 is 0 Å². The Morgan fingerprint density at radius 2 is 1.61 bits per heavy atom. The summed E-state index contributed by atoms with van der Waals surface area (Å²) in [5, 5.41) is 0.616. The summed E-state index contributed by atoms with van der Waals surface area (Å²) in [4.78, 5) is 20.6. The van der Waals surface area contributed by atoms with Crippen molar-refractivity contribution in [3.63, 3.8) is 0 Å². The first-order chi connectivity index (χ1) is 15.8. The quantitative estimate of drug-likeness (QED) is 0.373. The van der Waals surface area contributed by atoms with Crippen molar-refractivity contribution < 1.29 is 22.6 Å². The highest BCUT2D eigenvalue weighted by Crippen LogP contribution is 2.28. The normalized spacial score (nSPS) is 11.8. The number of aromatic amines is 1. The average molecular weight is 451 g/mol. The van der Waals surface area contributed by atoms with Crippen LogP contribution in [0, 0.1) is 6.92 Å². The third kappa shape index (κ3) is 4.12. The van der Waals surface area contributed by atoms with Crippen LogP contribution in [-0.4, -0.2) is 20.7 Å². The number of aromatic nitrogens is 3. The van der Waals surface area contributed by atoms with Crippen LogP contribution in [0.5, 0.6) is 17.2 Å². The van der Waals surface area contributed by atoms with Gasteiger partial charge < -0.3 is 18.9 Å². The summed E-state index contributed by atoms with van der Waals surface area (Å²) in [5.41, 5.74) is 3.10. The van der Waals surface area contributed by atoms with Crippen molar-refractivity contribution in [2.45, 2.75) is 13.3 Å². The summed E-state index contributed by atoms with van der Waals surface area (Å²) in [6.45, 7) is 1.76. The van der Waals surface area contributed by atoms with Gasteiger partial charge in [-0.15, -0.1) is 13.2 Å². The van der Waals surface area contributed by atoms with Crippen LogP contribution < -0.4 is 14.9 Å². The number of rotatable bonds is 4. The molecule has 0 amide bonds. The molecule has 9 heteroatoms. The van der Waals surface area contributed by atoms with E-state index in [2.05, 4.69) is 14.7 Å². The molecule has 0 bridgehead atoms. The summed E-state index contributed by atoms with van der Waals surface area (Å²) in [6, 6.07) is 15.8. The van der Waals surface area contributed by atoms with Crippen molar-refractivity contribution in [2.75, 3.05) is 0 Å². The van der Waals surface area contributed by atoms with Gasteiger partial charge in [0.2, 0.25) is 0 Å². The summed E-state index contributed by atoms with van der Waals surface area (Å²) < 4.78 is 48.3. The second-order valence-electron chi connectivity index (χ2n) is 7.38. The lowest BCUT2D eigenvalue weighted by atomic mass is 10.1. The van der Waals surface area contributed by atoms with Crippen molar-refractivity contribution in [1.82, 2.24) is 14.4 Å². The Labute approximate surface area is 184 Å². The van der Waals surface area contributed by atoms with Gasteiger partial charge in [0.15, 0.2) is 5.43 Å². The standard InChI is InChI=1S/C24H16F3N3O3/c1-14-22(29-19-5-3-2-4-18(19)23(14)31)20-13-30-12-17(10-11-21(30)28-20)32-15-6-8-16(9-7-15)33-24(25,26)27/h2-13H,1H3,(H,29,31). The van der Waals surface area contributed by atoms with Crippen LogP contribution in [0.4, 0.5) is 13.2 Å². The molecule has 0 saturated heterocycles. The van der Waals surface area contributed by atoms with Crippen molar-refractivity contribution >= 4 is 16.6 Å². The molecule has 0 aliphatic rings. The summed E-state index contributed by atoms with van der Waals surface area (Å²) in [5.74, 6) is 0.475. The third-order valence-corrected chi connectivity index (χ3v) is 5.12. The predicted octanol–water partition coefficient (Wildman–Crippen LogP) is 5.84. The van der Waals surface area contributed by atoms with Gasteiger partial charge in [-0.1, -0.05) is 12.1 Å². The number of nitrogens with one attached hydrogen (secondary N) is 1. The molecule has 3 aromatic heterocycles. The number of imidazole rings is 1. The van der Waals surface area contributed by atoms with Gasteiger partial charge in [-0.25, -0.2) is 4.98 Å². The van der Waals surface area contributed by atoms with Gasteiger partial charge in [0.05, 0.1) is 11.9 Å². The SMILES string of the molecule is Cc1c(-c2cn3cc(Oc4ccc(OC(F)(F)F)cc4)ccc3n2)[nH]c2ccccc2c1=O. The predicted molar refractivity (Wildman–Crippen MR) is 117 cm³/mol. The lowest BCUT2D eigenvalue weighted by Gasteiger charge is -2.10. The Morgan fingerprint density at radius 3 is 2.36 bits per heavy atom. The Morgan fingerprint density at radius 1 is 0.909 bits per heavy atom. The number of hydrogen-bond donors (Lipinski definition) is 1. The second kappa shape index (κ2) is 7.70. The van der Waals surface area contributed by atoms with E-state index in [9.17, 15) is 18.0 Å². The Balaban J connectivity index is 1.45. The molecule has 0 fully saturated rings. The third-order valence-electron chi connectivity index (χ3n) is 5.12. The topological polar surface area (TPSA) is 68.6 Å². The van der Waals surface area contributed by atoms with Crippen molar-refractivity contribution in [2.24, 2.45) is 0 Å². The maximum absolute atomic E-state index is 12.7. The summed E-state index contributed by atoms with van der Waals surface area (Å²) >= 11 is 0. The first-order valence-corrected chi connectivity index (χ1v) is 9.91. The largest absolute Gasteiger partial charge is 0.573 e. The first kappa shape index (κ1) is 20.6.